The molecule has 0 spiro atoms. The SMILES string of the molecule is CNc1ccc2[nH]c(C3C4CC5CC(C4)CC3C5)nc2n1. The molecule has 4 bridgehead atoms. The third-order valence-corrected chi connectivity index (χ3v) is 6.16. The molecule has 2 N–H and O–H groups in total. The lowest BCUT2D eigenvalue weighted by atomic mass is 9.52. The van der Waals surface area contributed by atoms with Crippen LogP contribution in [0.1, 0.15) is 43.8 Å². The van der Waals surface area contributed by atoms with Gasteiger partial charge in [0.1, 0.15) is 11.6 Å². The van der Waals surface area contributed by atoms with Gasteiger partial charge in [0, 0.05) is 13.0 Å². The number of fused-ring (bicyclic) bond motifs is 1. The van der Waals surface area contributed by atoms with Crippen molar-refractivity contribution in [2.45, 2.75) is 38.0 Å². The van der Waals surface area contributed by atoms with Gasteiger partial charge in [0.05, 0.1) is 5.52 Å². The van der Waals surface area contributed by atoms with Crippen LogP contribution in [0, 0.1) is 23.7 Å². The van der Waals surface area contributed by atoms with Crippen LogP contribution in [0.5, 0.6) is 0 Å². The molecule has 0 saturated heterocycles. The van der Waals surface area contributed by atoms with Crippen molar-refractivity contribution < 1.29 is 0 Å². The molecular formula is C17H22N4. The standard InChI is InChI=1S/C17H22N4/c1-18-14-3-2-13-16(20-14)21-17(19-13)15-11-5-9-4-10(7-11)8-12(15)6-9/h2-3,9-12,15H,4-8H2,1H3,(H2,18,19,20,21). The van der Waals surface area contributed by atoms with Crippen molar-refractivity contribution in [1.82, 2.24) is 15.0 Å². The Balaban J connectivity index is 1.55. The highest BCUT2D eigenvalue weighted by atomic mass is 15.0. The molecule has 0 aliphatic heterocycles. The van der Waals surface area contributed by atoms with Gasteiger partial charge in [-0.25, -0.2) is 9.97 Å². The molecule has 6 rings (SSSR count). The van der Waals surface area contributed by atoms with E-state index in [4.69, 9.17) is 4.98 Å². The molecule has 2 heterocycles. The molecule has 0 amide bonds. The summed E-state index contributed by atoms with van der Waals surface area (Å²) in [5.74, 6) is 6.52. The first-order valence-corrected chi connectivity index (χ1v) is 8.34. The van der Waals surface area contributed by atoms with Gasteiger partial charge in [-0.3, -0.25) is 0 Å². The van der Waals surface area contributed by atoms with Gasteiger partial charge in [-0.2, -0.15) is 0 Å². The van der Waals surface area contributed by atoms with E-state index < -0.39 is 0 Å². The maximum atomic E-state index is 4.86. The van der Waals surface area contributed by atoms with E-state index in [-0.39, 0.29) is 0 Å². The van der Waals surface area contributed by atoms with Crippen LogP contribution in [0.4, 0.5) is 5.82 Å². The number of nitrogens with one attached hydrogen (secondary N) is 2. The summed E-state index contributed by atoms with van der Waals surface area (Å²) in [4.78, 5) is 13.0. The zero-order chi connectivity index (χ0) is 14.0. The quantitative estimate of drug-likeness (QED) is 0.886. The second-order valence-corrected chi connectivity index (χ2v) is 7.40. The average molecular weight is 282 g/mol. The van der Waals surface area contributed by atoms with E-state index in [9.17, 15) is 0 Å². The summed E-state index contributed by atoms with van der Waals surface area (Å²) in [6.45, 7) is 0. The zero-order valence-electron chi connectivity index (χ0n) is 12.5. The molecule has 4 fully saturated rings. The van der Waals surface area contributed by atoms with Crippen molar-refractivity contribution in [2.75, 3.05) is 12.4 Å². The Labute approximate surface area is 124 Å². The first-order chi connectivity index (χ1) is 10.3. The number of anilines is 1. The van der Waals surface area contributed by atoms with Crippen LogP contribution >= 0.6 is 0 Å². The number of aromatic amines is 1. The maximum absolute atomic E-state index is 4.86. The van der Waals surface area contributed by atoms with Crippen LogP contribution in [0.2, 0.25) is 0 Å². The predicted molar refractivity (Wildman–Crippen MR) is 83.2 cm³/mol. The Morgan fingerprint density at radius 3 is 2.38 bits per heavy atom. The van der Waals surface area contributed by atoms with Crippen LogP contribution < -0.4 is 5.32 Å². The first-order valence-electron chi connectivity index (χ1n) is 8.34. The molecule has 2 aromatic rings. The normalized spacial score (nSPS) is 37.3. The van der Waals surface area contributed by atoms with Crippen molar-refractivity contribution in [3.63, 3.8) is 0 Å². The van der Waals surface area contributed by atoms with E-state index in [0.717, 1.165) is 40.7 Å². The summed E-state index contributed by atoms with van der Waals surface area (Å²) in [6.07, 6.45) is 7.24. The molecule has 0 atom stereocenters. The van der Waals surface area contributed by atoms with Crippen LogP contribution in [-0.2, 0) is 0 Å². The molecule has 2 aromatic heterocycles. The van der Waals surface area contributed by atoms with Crippen molar-refractivity contribution in [2.24, 2.45) is 23.7 Å². The number of nitrogens with zero attached hydrogens (tertiary/aromatic N) is 2. The van der Waals surface area contributed by atoms with E-state index in [1.165, 1.54) is 37.9 Å². The van der Waals surface area contributed by atoms with Crippen molar-refractivity contribution >= 4 is 17.0 Å². The fraction of sp³-hybridized carbons (Fsp3) is 0.647. The molecule has 4 aliphatic carbocycles. The molecule has 21 heavy (non-hydrogen) atoms. The Morgan fingerprint density at radius 2 is 1.71 bits per heavy atom. The lowest BCUT2D eigenvalue weighted by molar-refractivity contribution is -0.00529. The molecule has 0 unspecified atom stereocenters. The molecule has 0 aromatic carbocycles. The Morgan fingerprint density at radius 1 is 1.00 bits per heavy atom. The molecule has 4 saturated carbocycles. The monoisotopic (exact) mass is 282 g/mol. The van der Waals surface area contributed by atoms with E-state index in [1.54, 1.807) is 0 Å². The Bertz CT molecular complexity index is 661. The highest BCUT2D eigenvalue weighted by molar-refractivity contribution is 5.73. The fourth-order valence-electron chi connectivity index (χ4n) is 5.58. The number of hydrogen-bond donors (Lipinski definition) is 2. The number of imidazole rings is 1. The third kappa shape index (κ3) is 1.74. The number of rotatable bonds is 2. The number of aromatic nitrogens is 3. The van der Waals surface area contributed by atoms with Gasteiger partial charge in [-0.1, -0.05) is 0 Å². The predicted octanol–water partition coefficient (Wildman–Crippen LogP) is 3.54. The summed E-state index contributed by atoms with van der Waals surface area (Å²) < 4.78 is 0. The van der Waals surface area contributed by atoms with Gasteiger partial charge < -0.3 is 10.3 Å². The van der Waals surface area contributed by atoms with Crippen LogP contribution in [-0.4, -0.2) is 22.0 Å². The van der Waals surface area contributed by atoms with E-state index in [0.29, 0.717) is 5.92 Å². The summed E-state index contributed by atoms with van der Waals surface area (Å²) in [6, 6.07) is 4.11. The second-order valence-electron chi connectivity index (χ2n) is 7.40. The highest BCUT2D eigenvalue weighted by Gasteiger charge is 2.49. The molecule has 0 radical (unpaired) electrons. The Kier molecular flexibility index (Phi) is 2.41. The van der Waals surface area contributed by atoms with Gasteiger partial charge in [0.15, 0.2) is 5.65 Å². The Hall–Kier alpha value is -1.58. The highest BCUT2D eigenvalue weighted by Crippen LogP contribution is 2.59. The summed E-state index contributed by atoms with van der Waals surface area (Å²) in [7, 11) is 1.90. The van der Waals surface area contributed by atoms with Crippen molar-refractivity contribution in [3.05, 3.63) is 18.0 Å². The molecule has 4 heteroatoms. The number of H-pyrrole nitrogens is 1. The lowest BCUT2D eigenvalue weighted by Crippen LogP contribution is -2.44. The smallest absolute Gasteiger partial charge is 0.179 e. The average Bonchev–Trinajstić information content (AvgIpc) is 2.88. The summed E-state index contributed by atoms with van der Waals surface area (Å²) >= 11 is 0. The molecule has 4 nitrogen and oxygen atoms in total. The second kappa shape index (κ2) is 4.21. The largest absolute Gasteiger partial charge is 0.373 e. The van der Waals surface area contributed by atoms with Crippen LogP contribution in [0.15, 0.2) is 12.1 Å². The van der Waals surface area contributed by atoms with Crippen molar-refractivity contribution in [3.8, 4) is 0 Å². The van der Waals surface area contributed by atoms with E-state index >= 15 is 0 Å². The lowest BCUT2D eigenvalue weighted by Gasteiger charge is -2.53. The minimum atomic E-state index is 0.657. The van der Waals surface area contributed by atoms with Crippen molar-refractivity contribution in [1.29, 1.82) is 0 Å². The maximum Gasteiger partial charge on any atom is 0.179 e. The molecule has 110 valence electrons. The third-order valence-electron chi connectivity index (χ3n) is 6.16. The number of hydrogen-bond acceptors (Lipinski definition) is 3. The van der Waals surface area contributed by atoms with E-state index in [1.807, 2.05) is 13.1 Å². The molecule has 4 aliphatic rings. The van der Waals surface area contributed by atoms with Gasteiger partial charge in [0.25, 0.3) is 0 Å². The molecular weight excluding hydrogens is 260 g/mol. The summed E-state index contributed by atoms with van der Waals surface area (Å²) in [5.41, 5.74) is 1.95. The van der Waals surface area contributed by atoms with Gasteiger partial charge in [-0.05, 0) is 67.9 Å². The topological polar surface area (TPSA) is 53.6 Å². The van der Waals surface area contributed by atoms with Crippen LogP contribution in [0.25, 0.3) is 11.2 Å². The zero-order valence-corrected chi connectivity index (χ0v) is 12.5. The van der Waals surface area contributed by atoms with Gasteiger partial charge in [0.2, 0.25) is 0 Å². The fourth-order valence-corrected chi connectivity index (χ4v) is 5.58. The van der Waals surface area contributed by atoms with E-state index in [2.05, 4.69) is 21.4 Å². The van der Waals surface area contributed by atoms with Gasteiger partial charge >= 0.3 is 0 Å². The van der Waals surface area contributed by atoms with Crippen LogP contribution in [0.3, 0.4) is 0 Å². The number of pyridine rings is 1. The first kappa shape index (κ1) is 12.0. The minimum Gasteiger partial charge on any atom is -0.373 e. The minimum absolute atomic E-state index is 0.657. The van der Waals surface area contributed by atoms with Gasteiger partial charge in [-0.15, -0.1) is 0 Å². The summed E-state index contributed by atoms with van der Waals surface area (Å²) in [5, 5.41) is 3.09.